The second kappa shape index (κ2) is 9.61. The molecule has 0 saturated carbocycles. The number of hydrogen-bond donors (Lipinski definition) is 2. The van der Waals surface area contributed by atoms with Crippen molar-refractivity contribution in [3.63, 3.8) is 0 Å². The van der Waals surface area contributed by atoms with Crippen LogP contribution in [0.2, 0.25) is 0 Å². The number of nitrogens with two attached hydrogens (primary N) is 1. The predicted molar refractivity (Wildman–Crippen MR) is 139 cm³/mol. The number of anilines is 1. The Kier molecular flexibility index (Phi) is 6.78. The smallest absolute Gasteiger partial charge is 0.270 e. The van der Waals surface area contributed by atoms with E-state index in [0.29, 0.717) is 23.2 Å². The molecule has 184 valence electrons. The van der Waals surface area contributed by atoms with Gasteiger partial charge in [-0.1, -0.05) is 26.0 Å². The average molecular weight is 505 g/mol. The van der Waals surface area contributed by atoms with E-state index in [-0.39, 0.29) is 26.6 Å². The molecule has 0 unspecified atom stereocenters. The molecular formula is C23H32N6O3S2. The summed E-state index contributed by atoms with van der Waals surface area (Å²) < 4.78 is 30.6. The van der Waals surface area contributed by atoms with Gasteiger partial charge in [-0.15, -0.1) is 21.5 Å². The third-order valence-electron chi connectivity index (χ3n) is 5.08. The highest BCUT2D eigenvalue weighted by molar-refractivity contribution is 7.92. The Morgan fingerprint density at radius 1 is 1.06 bits per heavy atom. The third-order valence-corrected chi connectivity index (χ3v) is 8.33. The maximum Gasteiger partial charge on any atom is 0.270 e. The number of nitrogens with one attached hydrogen (secondary N) is 1. The molecule has 0 aliphatic carbocycles. The summed E-state index contributed by atoms with van der Waals surface area (Å²) >= 11 is 1.57. The number of sulfone groups is 1. The van der Waals surface area contributed by atoms with Crippen molar-refractivity contribution in [1.82, 2.24) is 25.5 Å². The van der Waals surface area contributed by atoms with Crippen LogP contribution in [-0.2, 0) is 16.4 Å². The Hall–Kier alpha value is -3.15. The van der Waals surface area contributed by atoms with Crippen molar-refractivity contribution in [2.24, 2.45) is 0 Å². The first-order chi connectivity index (χ1) is 16.1. The highest BCUT2D eigenvalue weighted by Crippen LogP contribution is 2.31. The molecular weight excluding hydrogens is 472 g/mol. The summed E-state index contributed by atoms with van der Waals surface area (Å²) in [5.74, 6) is 0.702. The fraction of sp³-hybridized carbons (Fsp3) is 0.304. The number of nitrogens with zero attached hydrogens (tertiary/aromatic N) is 4. The zero-order valence-corrected chi connectivity index (χ0v) is 20.9. The number of aromatic nitrogens is 4. The molecule has 0 spiro atoms. The van der Waals surface area contributed by atoms with Crippen LogP contribution in [0.3, 0.4) is 0 Å². The topological polar surface area (TPSA) is 137 Å². The Morgan fingerprint density at radius 3 is 2.44 bits per heavy atom. The first kappa shape index (κ1) is 24.0. The lowest BCUT2D eigenvalue weighted by Crippen LogP contribution is -2.21. The Balaban J connectivity index is 0.00000228. The van der Waals surface area contributed by atoms with Gasteiger partial charge >= 0.3 is 0 Å². The Labute approximate surface area is 206 Å². The second-order valence-electron chi connectivity index (χ2n) is 8.32. The predicted octanol–water partition coefficient (Wildman–Crippen LogP) is 4.92. The van der Waals surface area contributed by atoms with E-state index in [1.54, 1.807) is 49.4 Å². The van der Waals surface area contributed by atoms with Gasteiger partial charge in [0, 0.05) is 27.3 Å². The fourth-order valence-electron chi connectivity index (χ4n) is 3.09. The largest absolute Gasteiger partial charge is 0.414 e. The van der Waals surface area contributed by atoms with E-state index in [4.69, 9.17) is 10.2 Å². The number of rotatable bonds is 8. The standard InChI is InChI=1S/C23H26N6O3S2.3H2/c1-13(2)25-11-16-7-10-19(33-16)22-28-29-23(32-22)20-21(24)26-12-18(27-20)15-5-8-17(9-6-15)34(30,31)14(3)4;;;/h5-10,12-14,25H,11H2,1-4H3,(H2,24,26);3*1H. The maximum atomic E-state index is 12.4. The van der Waals surface area contributed by atoms with Crippen molar-refractivity contribution in [2.45, 2.75) is 50.4 Å². The van der Waals surface area contributed by atoms with Gasteiger partial charge in [0.1, 0.15) is 0 Å². The minimum Gasteiger partial charge on any atom is -0.414 e. The molecule has 34 heavy (non-hydrogen) atoms. The quantitative estimate of drug-likeness (QED) is 0.342. The highest BCUT2D eigenvalue weighted by Gasteiger charge is 2.20. The highest BCUT2D eigenvalue weighted by atomic mass is 32.2. The molecule has 0 radical (unpaired) electrons. The van der Waals surface area contributed by atoms with Crippen molar-refractivity contribution in [1.29, 1.82) is 0 Å². The number of hydrogen-bond acceptors (Lipinski definition) is 10. The molecule has 0 fully saturated rings. The van der Waals surface area contributed by atoms with Crippen LogP contribution in [0.25, 0.3) is 33.6 Å². The van der Waals surface area contributed by atoms with Crippen LogP contribution >= 0.6 is 11.3 Å². The van der Waals surface area contributed by atoms with Gasteiger partial charge in [0.05, 0.1) is 26.9 Å². The molecule has 0 aliphatic rings. The lowest BCUT2D eigenvalue weighted by Gasteiger charge is -2.09. The molecule has 3 N–H and O–H groups in total. The van der Waals surface area contributed by atoms with Crippen LogP contribution in [0.15, 0.2) is 51.9 Å². The molecule has 4 rings (SSSR count). The van der Waals surface area contributed by atoms with E-state index < -0.39 is 15.1 Å². The van der Waals surface area contributed by atoms with Crippen LogP contribution in [0, 0.1) is 0 Å². The minimum atomic E-state index is -3.36. The number of nitrogen functional groups attached to an aromatic ring is 1. The van der Waals surface area contributed by atoms with Crippen molar-refractivity contribution in [2.75, 3.05) is 5.73 Å². The third kappa shape index (κ3) is 5.01. The minimum absolute atomic E-state index is 0. The summed E-state index contributed by atoms with van der Waals surface area (Å²) in [5.41, 5.74) is 7.52. The first-order valence-electron chi connectivity index (χ1n) is 10.8. The summed E-state index contributed by atoms with van der Waals surface area (Å²) in [4.78, 5) is 11.1. The van der Waals surface area contributed by atoms with Crippen molar-refractivity contribution in [3.8, 4) is 33.6 Å². The van der Waals surface area contributed by atoms with Crippen LogP contribution < -0.4 is 11.1 Å². The van der Waals surface area contributed by atoms with E-state index in [1.165, 1.54) is 6.20 Å². The van der Waals surface area contributed by atoms with Gasteiger partial charge in [-0.05, 0) is 38.1 Å². The van der Waals surface area contributed by atoms with Crippen molar-refractivity contribution < 1.29 is 17.1 Å². The molecule has 3 aromatic heterocycles. The number of thiophene rings is 1. The van der Waals surface area contributed by atoms with Crippen LogP contribution in [0.1, 0.15) is 36.9 Å². The molecule has 3 heterocycles. The Morgan fingerprint density at radius 2 is 1.76 bits per heavy atom. The first-order valence-corrected chi connectivity index (χ1v) is 13.1. The van der Waals surface area contributed by atoms with E-state index in [0.717, 1.165) is 16.3 Å². The summed E-state index contributed by atoms with van der Waals surface area (Å²) in [6, 6.07) is 10.9. The molecule has 0 saturated heterocycles. The van der Waals surface area contributed by atoms with Gasteiger partial charge in [-0.3, -0.25) is 0 Å². The van der Waals surface area contributed by atoms with Gasteiger partial charge in [0.25, 0.3) is 11.8 Å². The van der Waals surface area contributed by atoms with Crippen LogP contribution in [-0.4, -0.2) is 39.9 Å². The summed E-state index contributed by atoms with van der Waals surface area (Å²) in [5, 5.41) is 11.2. The molecule has 0 aliphatic heterocycles. The van der Waals surface area contributed by atoms with Crippen molar-refractivity contribution in [3.05, 3.63) is 47.5 Å². The molecule has 0 amide bonds. The SMILES string of the molecule is CC(C)NCc1ccc(-c2nnc(-c3nc(-c4ccc(S(=O)(=O)C(C)C)cc4)cnc3N)o2)s1.[HH].[HH].[HH]. The molecule has 11 heteroatoms. The summed E-state index contributed by atoms with van der Waals surface area (Å²) in [7, 11) is -3.36. The summed E-state index contributed by atoms with van der Waals surface area (Å²) in [6.45, 7) is 8.26. The van der Waals surface area contributed by atoms with E-state index in [9.17, 15) is 8.42 Å². The molecule has 1 aromatic carbocycles. The lowest BCUT2D eigenvalue weighted by atomic mass is 10.1. The van der Waals surface area contributed by atoms with Gasteiger partial charge in [-0.2, -0.15) is 0 Å². The van der Waals surface area contributed by atoms with Gasteiger partial charge in [0.2, 0.25) is 0 Å². The van der Waals surface area contributed by atoms with Gasteiger partial charge < -0.3 is 15.5 Å². The molecule has 0 atom stereocenters. The zero-order chi connectivity index (χ0) is 24.5. The maximum absolute atomic E-state index is 12.4. The lowest BCUT2D eigenvalue weighted by molar-refractivity contribution is 0.583. The molecule has 0 bridgehead atoms. The van der Waals surface area contributed by atoms with Crippen LogP contribution in [0.5, 0.6) is 0 Å². The summed E-state index contributed by atoms with van der Waals surface area (Å²) in [6.07, 6.45) is 1.52. The van der Waals surface area contributed by atoms with Gasteiger partial charge in [0.15, 0.2) is 21.3 Å². The molecule has 4 aromatic rings. The number of benzene rings is 1. The monoisotopic (exact) mass is 504 g/mol. The zero-order valence-electron chi connectivity index (χ0n) is 19.3. The average Bonchev–Trinajstić information content (AvgIpc) is 3.48. The van der Waals surface area contributed by atoms with Gasteiger partial charge in [-0.25, -0.2) is 18.4 Å². The van der Waals surface area contributed by atoms with Crippen molar-refractivity contribution >= 4 is 27.0 Å². The Bertz CT molecular complexity index is 1410. The molecule has 9 nitrogen and oxygen atoms in total. The van der Waals surface area contributed by atoms with E-state index >= 15 is 0 Å². The van der Waals surface area contributed by atoms with E-state index in [2.05, 4.69) is 39.3 Å². The van der Waals surface area contributed by atoms with Crippen LogP contribution in [0.4, 0.5) is 5.82 Å². The second-order valence-corrected chi connectivity index (χ2v) is 12.0. The fourth-order valence-corrected chi connectivity index (χ4v) is 5.03. The van der Waals surface area contributed by atoms with E-state index in [1.807, 2.05) is 12.1 Å². The normalized spacial score (nSPS) is 12.1.